The van der Waals surface area contributed by atoms with Crippen LogP contribution >= 0.6 is 38.5 Å². The molecular weight excluding hydrogens is 537 g/mol. The summed E-state index contributed by atoms with van der Waals surface area (Å²) in [6.07, 6.45) is -0.360. The molecule has 0 saturated heterocycles. The number of amides is 1. The van der Waals surface area contributed by atoms with Crippen molar-refractivity contribution < 1.29 is 19.1 Å². The molecule has 0 aromatic heterocycles. The van der Waals surface area contributed by atoms with E-state index in [9.17, 15) is 9.59 Å². The molecule has 0 fully saturated rings. The van der Waals surface area contributed by atoms with Crippen molar-refractivity contribution in [1.82, 2.24) is 5.32 Å². The minimum Gasteiger partial charge on any atom is -0.459 e. The third-order valence-corrected chi connectivity index (χ3v) is 5.96. The van der Waals surface area contributed by atoms with Gasteiger partial charge in [0, 0.05) is 14.5 Å². The van der Waals surface area contributed by atoms with E-state index in [4.69, 9.17) is 9.47 Å². The average Bonchev–Trinajstić information content (AvgIpc) is 2.61. The molecule has 1 atom stereocenters. The van der Waals surface area contributed by atoms with Crippen LogP contribution in [0.2, 0.25) is 0 Å². The summed E-state index contributed by atoms with van der Waals surface area (Å²) in [5.41, 5.74) is 1.11. The summed E-state index contributed by atoms with van der Waals surface area (Å²) < 4.78 is 12.7. The number of esters is 1. The zero-order valence-electron chi connectivity index (χ0n) is 16.0. The Bertz CT molecular complexity index is 821. The number of hydrogen-bond donors (Lipinski definition) is 1. The Labute approximate surface area is 187 Å². The number of ether oxygens (including phenoxy) is 2. The molecule has 0 spiro atoms. The van der Waals surface area contributed by atoms with E-state index >= 15 is 0 Å². The smallest absolute Gasteiger partial charge is 0.408 e. The summed E-state index contributed by atoms with van der Waals surface area (Å²) in [5.74, 6) is -0.510. The lowest BCUT2D eigenvalue weighted by Gasteiger charge is -2.23. The number of nitrogens with one attached hydrogen (secondary N) is 1. The fraction of sp³-hybridized carbons (Fsp3) is 0.333. The molecule has 0 aliphatic carbocycles. The lowest BCUT2D eigenvalue weighted by molar-refractivity contribution is -0.147. The summed E-state index contributed by atoms with van der Waals surface area (Å²) in [6, 6.07) is 14.3. The molecule has 2 aromatic carbocycles. The largest absolute Gasteiger partial charge is 0.459 e. The molecule has 0 aliphatic rings. The molecule has 0 saturated carbocycles. The van der Waals surface area contributed by atoms with Crippen LogP contribution in [-0.2, 0) is 27.3 Å². The third-order valence-electron chi connectivity index (χ3n) is 3.62. The van der Waals surface area contributed by atoms with Crippen molar-refractivity contribution in [2.24, 2.45) is 0 Å². The first-order chi connectivity index (χ1) is 13.1. The van der Waals surface area contributed by atoms with Gasteiger partial charge < -0.3 is 14.8 Å². The van der Waals surface area contributed by atoms with E-state index in [0.29, 0.717) is 6.42 Å². The fourth-order valence-electron chi connectivity index (χ4n) is 2.37. The molecular formula is C21H23BrINO4. The Hall–Kier alpha value is -1.61. The predicted octanol–water partition coefficient (Wildman–Crippen LogP) is 5.23. The van der Waals surface area contributed by atoms with Gasteiger partial charge in [-0.25, -0.2) is 9.59 Å². The molecule has 0 radical (unpaired) electrons. The van der Waals surface area contributed by atoms with Crippen LogP contribution in [-0.4, -0.2) is 23.7 Å². The van der Waals surface area contributed by atoms with Gasteiger partial charge in [-0.15, -0.1) is 0 Å². The molecule has 0 aliphatic heterocycles. The van der Waals surface area contributed by atoms with Gasteiger partial charge in [0.2, 0.25) is 0 Å². The number of rotatable bonds is 6. The highest BCUT2D eigenvalue weighted by atomic mass is 127. The molecule has 2 rings (SSSR count). The van der Waals surface area contributed by atoms with E-state index in [2.05, 4.69) is 43.8 Å². The molecule has 1 N–H and O–H groups in total. The van der Waals surface area contributed by atoms with Crippen molar-refractivity contribution >= 4 is 50.6 Å². The summed E-state index contributed by atoms with van der Waals surface area (Å²) >= 11 is 5.70. The third kappa shape index (κ3) is 7.79. The van der Waals surface area contributed by atoms with Gasteiger partial charge in [-0.1, -0.05) is 36.4 Å². The van der Waals surface area contributed by atoms with Crippen LogP contribution in [0.1, 0.15) is 31.9 Å². The van der Waals surface area contributed by atoms with Gasteiger partial charge in [0.25, 0.3) is 0 Å². The van der Waals surface area contributed by atoms with E-state index in [1.165, 1.54) is 0 Å². The lowest BCUT2D eigenvalue weighted by atomic mass is 10.1. The van der Waals surface area contributed by atoms with Crippen molar-refractivity contribution in [2.45, 2.75) is 45.4 Å². The first-order valence-corrected chi connectivity index (χ1v) is 10.7. The van der Waals surface area contributed by atoms with Gasteiger partial charge in [-0.3, -0.25) is 0 Å². The van der Waals surface area contributed by atoms with Gasteiger partial charge in [0.15, 0.2) is 0 Å². The van der Waals surface area contributed by atoms with Gasteiger partial charge in [-0.2, -0.15) is 0 Å². The van der Waals surface area contributed by atoms with Gasteiger partial charge in [0.05, 0.1) is 0 Å². The highest BCUT2D eigenvalue weighted by Gasteiger charge is 2.26. The molecule has 2 aromatic rings. The second-order valence-electron chi connectivity index (χ2n) is 7.24. The van der Waals surface area contributed by atoms with E-state index in [0.717, 1.165) is 19.2 Å². The Morgan fingerprint density at radius 2 is 1.79 bits per heavy atom. The standard InChI is InChI=1S/C21H23BrINO4/c1-21(2,3)28-20(26)24-18(12-15-9-10-17(23)16(22)11-15)19(25)27-13-14-7-5-4-6-8-14/h4-11,18H,12-13H2,1-3H3,(H,24,26)/t18-/m0/s1. The lowest BCUT2D eigenvalue weighted by Crippen LogP contribution is -2.45. The molecule has 0 unspecified atom stereocenters. The Morgan fingerprint density at radius 1 is 1.11 bits per heavy atom. The van der Waals surface area contributed by atoms with Crippen LogP contribution in [0.4, 0.5) is 4.79 Å². The minimum atomic E-state index is -0.856. The summed E-state index contributed by atoms with van der Waals surface area (Å²) in [4.78, 5) is 24.9. The SMILES string of the molecule is CC(C)(C)OC(=O)N[C@@H](Cc1ccc(I)c(Br)c1)C(=O)OCc1ccccc1. The van der Waals surface area contributed by atoms with Crippen LogP contribution in [0.25, 0.3) is 0 Å². The number of alkyl carbamates (subject to hydrolysis) is 1. The molecule has 1 amide bonds. The highest BCUT2D eigenvalue weighted by molar-refractivity contribution is 14.1. The summed E-state index contributed by atoms with van der Waals surface area (Å²) in [6.45, 7) is 5.45. The summed E-state index contributed by atoms with van der Waals surface area (Å²) in [5, 5.41) is 2.64. The van der Waals surface area contributed by atoms with E-state index in [-0.39, 0.29) is 6.61 Å². The van der Waals surface area contributed by atoms with Gasteiger partial charge in [-0.05, 0) is 82.6 Å². The number of carbonyl (C=O) groups excluding carboxylic acids is 2. The maximum absolute atomic E-state index is 12.7. The van der Waals surface area contributed by atoms with Crippen molar-refractivity contribution in [2.75, 3.05) is 0 Å². The second-order valence-corrected chi connectivity index (χ2v) is 9.26. The van der Waals surface area contributed by atoms with Crippen molar-refractivity contribution in [3.05, 3.63) is 67.7 Å². The number of benzene rings is 2. The minimum absolute atomic E-state index is 0.141. The maximum Gasteiger partial charge on any atom is 0.408 e. The highest BCUT2D eigenvalue weighted by Crippen LogP contribution is 2.21. The fourth-order valence-corrected chi connectivity index (χ4v) is 3.14. The second kappa shape index (κ2) is 10.2. The first kappa shape index (κ1) is 22.7. The molecule has 7 heteroatoms. The first-order valence-electron chi connectivity index (χ1n) is 8.78. The molecule has 150 valence electrons. The van der Waals surface area contributed by atoms with Gasteiger partial charge >= 0.3 is 12.1 Å². The van der Waals surface area contributed by atoms with Crippen LogP contribution < -0.4 is 5.32 Å². The monoisotopic (exact) mass is 559 g/mol. The summed E-state index contributed by atoms with van der Waals surface area (Å²) in [7, 11) is 0. The zero-order valence-corrected chi connectivity index (χ0v) is 19.7. The predicted molar refractivity (Wildman–Crippen MR) is 120 cm³/mol. The molecule has 0 bridgehead atoms. The van der Waals surface area contributed by atoms with Crippen molar-refractivity contribution in [3.8, 4) is 0 Å². The van der Waals surface area contributed by atoms with Crippen LogP contribution in [0.5, 0.6) is 0 Å². The number of hydrogen-bond acceptors (Lipinski definition) is 4. The topological polar surface area (TPSA) is 64.6 Å². The number of carbonyl (C=O) groups is 2. The molecule has 5 nitrogen and oxygen atoms in total. The van der Waals surface area contributed by atoms with Crippen LogP contribution in [0.3, 0.4) is 0 Å². The van der Waals surface area contributed by atoms with E-state index in [1.807, 2.05) is 48.5 Å². The van der Waals surface area contributed by atoms with E-state index < -0.39 is 23.7 Å². The Kier molecular flexibility index (Phi) is 8.30. The van der Waals surface area contributed by atoms with Crippen molar-refractivity contribution in [1.29, 1.82) is 0 Å². The van der Waals surface area contributed by atoms with Crippen molar-refractivity contribution in [3.63, 3.8) is 0 Å². The number of halogens is 2. The Morgan fingerprint density at radius 3 is 2.39 bits per heavy atom. The zero-order chi connectivity index (χ0) is 20.7. The quantitative estimate of drug-likeness (QED) is 0.389. The average molecular weight is 560 g/mol. The normalized spacial score (nSPS) is 12.2. The van der Waals surface area contributed by atoms with Crippen LogP contribution in [0.15, 0.2) is 53.0 Å². The maximum atomic E-state index is 12.7. The van der Waals surface area contributed by atoms with Gasteiger partial charge in [0.1, 0.15) is 18.2 Å². The van der Waals surface area contributed by atoms with Crippen LogP contribution in [0, 0.1) is 3.57 Å². The molecule has 28 heavy (non-hydrogen) atoms. The Balaban J connectivity index is 2.10. The van der Waals surface area contributed by atoms with E-state index in [1.54, 1.807) is 20.8 Å². The molecule has 0 heterocycles.